The number of nitrogens with zero attached hydrogens (tertiary/aromatic N) is 2. The van der Waals surface area contributed by atoms with E-state index in [4.69, 9.17) is 0 Å². The Bertz CT molecular complexity index is 1070. The van der Waals surface area contributed by atoms with Crippen molar-refractivity contribution in [3.8, 4) is 11.3 Å². The number of nitrogens with one attached hydrogen (secondary N) is 2. The van der Waals surface area contributed by atoms with Gasteiger partial charge in [-0.1, -0.05) is 42.0 Å². The molecule has 0 aliphatic carbocycles. The normalized spacial score (nSPS) is 15.7. The van der Waals surface area contributed by atoms with E-state index in [9.17, 15) is 0 Å². The van der Waals surface area contributed by atoms with E-state index in [-0.39, 0.29) is 0 Å². The molecule has 3 heterocycles. The lowest BCUT2D eigenvalue weighted by Crippen LogP contribution is -3.13. The quantitative estimate of drug-likeness (QED) is 0.524. The van der Waals surface area contributed by atoms with Gasteiger partial charge in [0.05, 0.1) is 13.1 Å². The van der Waals surface area contributed by atoms with Crippen molar-refractivity contribution in [1.82, 2.24) is 9.55 Å². The smallest absolute Gasteiger partial charge is 0.332 e. The van der Waals surface area contributed by atoms with Crippen molar-refractivity contribution in [1.29, 1.82) is 0 Å². The number of hydrogen-bond acceptors (Lipinski definition) is 0. The molecule has 5 rings (SSSR count). The zero-order valence-corrected chi connectivity index (χ0v) is 16.0. The SMILES string of the molecule is Cc1ccc(-c2c[n+]3c4ccccc4[nH]c3n2CC[NH+]2CCCCC2)cc1. The van der Waals surface area contributed by atoms with Gasteiger partial charge < -0.3 is 4.90 Å². The fourth-order valence-electron chi connectivity index (χ4n) is 4.47. The maximum absolute atomic E-state index is 3.65. The Morgan fingerprint density at radius 3 is 2.59 bits per heavy atom. The van der Waals surface area contributed by atoms with Crippen molar-refractivity contribution in [3.63, 3.8) is 0 Å². The minimum Gasteiger partial charge on any atom is -0.332 e. The summed E-state index contributed by atoms with van der Waals surface area (Å²) in [7, 11) is 0. The Balaban J connectivity index is 1.59. The number of hydrogen-bond donors (Lipinski definition) is 2. The van der Waals surface area contributed by atoms with Crippen molar-refractivity contribution < 1.29 is 9.30 Å². The van der Waals surface area contributed by atoms with Gasteiger partial charge in [-0.3, -0.25) is 0 Å². The molecule has 2 N–H and O–H groups in total. The molecule has 0 unspecified atom stereocenters. The molecule has 0 radical (unpaired) electrons. The van der Waals surface area contributed by atoms with Gasteiger partial charge in [0, 0.05) is 5.56 Å². The third-order valence-corrected chi connectivity index (χ3v) is 6.03. The Labute approximate surface area is 160 Å². The number of aryl methyl sites for hydroxylation is 1. The maximum Gasteiger partial charge on any atom is 0.368 e. The van der Waals surface area contributed by atoms with Crippen molar-refractivity contribution in [2.45, 2.75) is 32.7 Å². The summed E-state index contributed by atoms with van der Waals surface area (Å²) in [5.41, 5.74) is 6.32. The second kappa shape index (κ2) is 6.86. The average molecular weight is 361 g/mol. The zero-order valence-electron chi connectivity index (χ0n) is 16.0. The maximum atomic E-state index is 3.65. The van der Waals surface area contributed by atoms with E-state index in [2.05, 4.69) is 75.6 Å². The molecule has 1 saturated heterocycles. The average Bonchev–Trinajstić information content (AvgIpc) is 3.24. The van der Waals surface area contributed by atoms with E-state index in [0.29, 0.717) is 0 Å². The van der Waals surface area contributed by atoms with Crippen LogP contribution in [-0.2, 0) is 6.54 Å². The first kappa shape index (κ1) is 16.6. The van der Waals surface area contributed by atoms with E-state index in [1.54, 1.807) is 4.90 Å². The standard InChI is InChI=1S/C23H26N4/c1-18-9-11-19(12-10-18)22-17-27-21-8-4-3-7-20(21)24-23(27)26(22)16-15-25-13-5-2-6-14-25/h3-4,7-12,17H,2,5-6,13-16H2,1H3/p+2. The van der Waals surface area contributed by atoms with Crippen molar-refractivity contribution in [2.24, 2.45) is 0 Å². The van der Waals surface area contributed by atoms with Crippen LogP contribution in [0, 0.1) is 6.92 Å². The molecule has 27 heavy (non-hydrogen) atoms. The van der Waals surface area contributed by atoms with Crippen LogP contribution in [0.25, 0.3) is 28.1 Å². The molecule has 2 aromatic heterocycles. The van der Waals surface area contributed by atoms with E-state index >= 15 is 0 Å². The summed E-state index contributed by atoms with van der Waals surface area (Å²) in [4.78, 5) is 5.40. The Morgan fingerprint density at radius 1 is 1.00 bits per heavy atom. The molecule has 1 aliphatic rings. The van der Waals surface area contributed by atoms with Gasteiger partial charge in [-0.25, -0.2) is 9.55 Å². The fraction of sp³-hybridized carbons (Fsp3) is 0.348. The van der Waals surface area contributed by atoms with Crippen LogP contribution in [0.3, 0.4) is 0 Å². The Morgan fingerprint density at radius 2 is 1.78 bits per heavy atom. The van der Waals surface area contributed by atoms with Gasteiger partial charge in [-0.2, -0.15) is 4.40 Å². The number of aromatic amines is 1. The molecule has 0 amide bonds. The highest BCUT2D eigenvalue weighted by molar-refractivity contribution is 5.74. The first-order valence-corrected chi connectivity index (χ1v) is 10.2. The minimum atomic E-state index is 1.04. The lowest BCUT2D eigenvalue weighted by molar-refractivity contribution is -0.905. The van der Waals surface area contributed by atoms with Crippen LogP contribution in [0.2, 0.25) is 0 Å². The van der Waals surface area contributed by atoms with Crippen LogP contribution < -0.4 is 9.30 Å². The van der Waals surface area contributed by atoms with Crippen molar-refractivity contribution in [3.05, 3.63) is 60.3 Å². The summed E-state index contributed by atoms with van der Waals surface area (Å²) < 4.78 is 4.79. The van der Waals surface area contributed by atoms with Gasteiger partial charge in [0.25, 0.3) is 0 Å². The molecular formula is C23H28N4+2. The molecule has 4 aromatic rings. The van der Waals surface area contributed by atoms with E-state index in [1.165, 1.54) is 72.5 Å². The number of aromatic nitrogens is 3. The van der Waals surface area contributed by atoms with E-state index in [1.807, 2.05) is 0 Å². The van der Waals surface area contributed by atoms with Crippen LogP contribution in [-0.4, -0.2) is 29.2 Å². The van der Waals surface area contributed by atoms with Crippen LogP contribution in [0.15, 0.2) is 54.7 Å². The lowest BCUT2D eigenvalue weighted by atomic mass is 10.1. The number of fused-ring (bicyclic) bond motifs is 3. The number of imidazole rings is 2. The Kier molecular flexibility index (Phi) is 4.21. The fourth-order valence-corrected chi connectivity index (χ4v) is 4.47. The molecule has 4 heteroatoms. The van der Waals surface area contributed by atoms with Crippen LogP contribution in [0.5, 0.6) is 0 Å². The van der Waals surface area contributed by atoms with Gasteiger partial charge >= 0.3 is 5.78 Å². The van der Waals surface area contributed by atoms with Gasteiger partial charge in [0.15, 0.2) is 0 Å². The molecule has 0 atom stereocenters. The molecule has 0 bridgehead atoms. The second-order valence-electron chi connectivity index (χ2n) is 7.93. The predicted molar refractivity (Wildman–Crippen MR) is 109 cm³/mol. The highest BCUT2D eigenvalue weighted by atomic mass is 15.2. The highest BCUT2D eigenvalue weighted by Gasteiger charge is 2.23. The van der Waals surface area contributed by atoms with Crippen molar-refractivity contribution in [2.75, 3.05) is 19.6 Å². The number of quaternary nitrogens is 1. The molecule has 0 spiro atoms. The van der Waals surface area contributed by atoms with Crippen LogP contribution >= 0.6 is 0 Å². The van der Waals surface area contributed by atoms with E-state index in [0.717, 1.165) is 6.54 Å². The number of para-hydroxylation sites is 2. The molecule has 4 nitrogen and oxygen atoms in total. The van der Waals surface area contributed by atoms with Gasteiger partial charge in [0.2, 0.25) is 0 Å². The third-order valence-electron chi connectivity index (χ3n) is 6.03. The summed E-state index contributed by atoms with van der Waals surface area (Å²) in [6, 6.07) is 17.5. The van der Waals surface area contributed by atoms with Gasteiger partial charge in [-0.15, -0.1) is 0 Å². The van der Waals surface area contributed by atoms with Gasteiger partial charge in [-0.05, 0) is 38.3 Å². The number of benzene rings is 2. The number of piperidine rings is 1. The summed E-state index contributed by atoms with van der Waals surface area (Å²) >= 11 is 0. The van der Waals surface area contributed by atoms with Crippen LogP contribution in [0.4, 0.5) is 0 Å². The van der Waals surface area contributed by atoms with Crippen molar-refractivity contribution >= 4 is 16.8 Å². The second-order valence-corrected chi connectivity index (χ2v) is 7.93. The number of rotatable bonds is 4. The van der Waals surface area contributed by atoms with Gasteiger partial charge in [0.1, 0.15) is 36.0 Å². The molecule has 2 aromatic carbocycles. The summed E-state index contributed by atoms with van der Waals surface area (Å²) in [6.45, 7) is 7.03. The number of H-pyrrole nitrogens is 1. The summed E-state index contributed by atoms with van der Waals surface area (Å²) in [5, 5.41) is 0. The molecular weight excluding hydrogens is 332 g/mol. The largest absolute Gasteiger partial charge is 0.368 e. The molecule has 138 valence electrons. The summed E-state index contributed by atoms with van der Waals surface area (Å²) in [5.74, 6) is 1.18. The highest BCUT2D eigenvalue weighted by Crippen LogP contribution is 2.22. The Hall–Kier alpha value is -2.59. The first-order chi connectivity index (χ1) is 13.3. The monoisotopic (exact) mass is 360 g/mol. The molecule has 1 fully saturated rings. The number of likely N-dealkylation sites (tertiary alicyclic amines) is 1. The molecule has 1 aliphatic heterocycles. The predicted octanol–water partition coefficient (Wildman–Crippen LogP) is 2.75. The third kappa shape index (κ3) is 3.04. The zero-order chi connectivity index (χ0) is 18.2. The summed E-state index contributed by atoms with van der Waals surface area (Å²) in [6.07, 6.45) is 6.46. The molecule has 0 saturated carbocycles. The topological polar surface area (TPSA) is 29.3 Å². The van der Waals surface area contributed by atoms with E-state index < -0.39 is 0 Å². The first-order valence-electron chi connectivity index (χ1n) is 10.2. The lowest BCUT2D eigenvalue weighted by Gasteiger charge is -2.23. The van der Waals surface area contributed by atoms with Crippen LogP contribution in [0.1, 0.15) is 24.8 Å². The minimum absolute atomic E-state index is 1.04.